The molecule has 0 atom stereocenters. The van der Waals surface area contributed by atoms with Crippen LogP contribution in [0, 0.1) is 5.82 Å². The maximum Gasteiger partial charge on any atom is 0.339 e. The van der Waals surface area contributed by atoms with Crippen LogP contribution in [0.2, 0.25) is 0 Å². The van der Waals surface area contributed by atoms with E-state index in [1.54, 1.807) is 0 Å². The molecule has 1 heterocycles. The zero-order valence-corrected chi connectivity index (χ0v) is 11.6. The SMILES string of the molecule is COC(=O)c1ccc(F)cc1S(=O)(=O)NCc1ncn[nH]1. The molecule has 0 unspecified atom stereocenters. The molecule has 8 nitrogen and oxygen atoms in total. The van der Waals surface area contributed by atoms with Crippen molar-refractivity contribution in [2.24, 2.45) is 0 Å². The number of sulfonamides is 1. The summed E-state index contributed by atoms with van der Waals surface area (Å²) in [6, 6.07) is 2.76. The molecule has 2 aromatic rings. The molecule has 0 saturated heterocycles. The molecule has 2 rings (SSSR count). The fourth-order valence-electron chi connectivity index (χ4n) is 1.55. The minimum absolute atomic E-state index is 0.181. The standard InChI is InChI=1S/C11H11FN4O4S/c1-20-11(17)8-3-2-7(12)4-9(8)21(18,19)15-5-10-13-6-14-16-10/h2-4,6,15H,5H2,1H3,(H,13,14,16). The van der Waals surface area contributed by atoms with E-state index >= 15 is 0 Å². The highest BCUT2D eigenvalue weighted by Gasteiger charge is 2.24. The van der Waals surface area contributed by atoms with E-state index in [-0.39, 0.29) is 17.9 Å². The number of hydrogen-bond acceptors (Lipinski definition) is 6. The van der Waals surface area contributed by atoms with E-state index in [0.717, 1.165) is 25.3 Å². The molecule has 0 radical (unpaired) electrons. The topological polar surface area (TPSA) is 114 Å². The maximum atomic E-state index is 13.3. The van der Waals surface area contributed by atoms with Crippen LogP contribution in [0.5, 0.6) is 0 Å². The third-order valence-electron chi connectivity index (χ3n) is 2.53. The number of aromatic amines is 1. The lowest BCUT2D eigenvalue weighted by Gasteiger charge is -2.09. The summed E-state index contributed by atoms with van der Waals surface area (Å²) in [4.78, 5) is 14.8. The van der Waals surface area contributed by atoms with Crippen molar-refractivity contribution in [1.82, 2.24) is 19.9 Å². The van der Waals surface area contributed by atoms with Gasteiger partial charge in [-0.25, -0.2) is 27.3 Å². The van der Waals surface area contributed by atoms with Crippen LogP contribution in [-0.2, 0) is 21.3 Å². The molecule has 0 aliphatic rings. The van der Waals surface area contributed by atoms with Crippen LogP contribution in [0.25, 0.3) is 0 Å². The van der Waals surface area contributed by atoms with Gasteiger partial charge in [0, 0.05) is 0 Å². The van der Waals surface area contributed by atoms with Gasteiger partial charge in [-0.3, -0.25) is 5.10 Å². The molecule has 10 heteroatoms. The van der Waals surface area contributed by atoms with Crippen molar-refractivity contribution in [3.05, 3.63) is 41.7 Å². The van der Waals surface area contributed by atoms with Crippen molar-refractivity contribution in [3.63, 3.8) is 0 Å². The van der Waals surface area contributed by atoms with E-state index < -0.39 is 26.7 Å². The Bertz CT molecular complexity index is 746. The van der Waals surface area contributed by atoms with Gasteiger partial charge in [0.1, 0.15) is 18.0 Å². The molecule has 112 valence electrons. The molecular weight excluding hydrogens is 303 g/mol. The highest BCUT2D eigenvalue weighted by atomic mass is 32.2. The summed E-state index contributed by atoms with van der Waals surface area (Å²) in [6.07, 6.45) is 1.21. The second-order valence-corrected chi connectivity index (χ2v) is 5.62. The number of esters is 1. The molecule has 2 N–H and O–H groups in total. The molecule has 0 spiro atoms. The highest BCUT2D eigenvalue weighted by molar-refractivity contribution is 7.89. The third kappa shape index (κ3) is 3.41. The van der Waals surface area contributed by atoms with Gasteiger partial charge in [0.15, 0.2) is 0 Å². The van der Waals surface area contributed by atoms with Crippen molar-refractivity contribution in [3.8, 4) is 0 Å². The van der Waals surface area contributed by atoms with E-state index in [1.807, 2.05) is 0 Å². The van der Waals surface area contributed by atoms with Crippen molar-refractivity contribution >= 4 is 16.0 Å². The number of carbonyl (C=O) groups excluding carboxylic acids is 1. The summed E-state index contributed by atoms with van der Waals surface area (Å²) >= 11 is 0. The molecule has 0 aliphatic carbocycles. The summed E-state index contributed by atoms with van der Waals surface area (Å²) in [7, 11) is -3.02. The number of H-pyrrole nitrogens is 1. The minimum atomic E-state index is -4.12. The number of ether oxygens (including phenoxy) is 1. The van der Waals surface area contributed by atoms with Gasteiger partial charge in [-0.05, 0) is 18.2 Å². The molecule has 0 bridgehead atoms. The van der Waals surface area contributed by atoms with E-state index in [9.17, 15) is 17.6 Å². The fourth-order valence-corrected chi connectivity index (χ4v) is 2.75. The molecular formula is C11H11FN4O4S. The average molecular weight is 314 g/mol. The number of aromatic nitrogens is 3. The van der Waals surface area contributed by atoms with Gasteiger partial charge in [-0.1, -0.05) is 0 Å². The zero-order chi connectivity index (χ0) is 15.5. The lowest BCUT2D eigenvalue weighted by molar-refractivity contribution is 0.0596. The first-order chi connectivity index (χ1) is 9.94. The van der Waals surface area contributed by atoms with E-state index in [4.69, 9.17) is 0 Å². The molecule has 0 saturated carbocycles. The lowest BCUT2D eigenvalue weighted by Crippen LogP contribution is -2.26. The monoisotopic (exact) mass is 314 g/mol. The van der Waals surface area contributed by atoms with Crippen LogP contribution < -0.4 is 4.72 Å². The number of rotatable bonds is 5. The van der Waals surface area contributed by atoms with Gasteiger partial charge in [-0.15, -0.1) is 0 Å². The summed E-state index contributed by atoms with van der Waals surface area (Å²) in [5.74, 6) is -1.40. The summed E-state index contributed by atoms with van der Waals surface area (Å²) < 4.78 is 44.3. The predicted octanol–water partition coefficient (Wildman–Crippen LogP) is 0.209. The Morgan fingerprint density at radius 2 is 2.24 bits per heavy atom. The Morgan fingerprint density at radius 1 is 1.48 bits per heavy atom. The number of halogens is 1. The van der Waals surface area contributed by atoms with Crippen LogP contribution in [0.15, 0.2) is 29.4 Å². The summed E-state index contributed by atoms with van der Waals surface area (Å²) in [6.45, 7) is -0.181. The molecule has 0 amide bonds. The Labute approximate surface area is 119 Å². The molecule has 0 fully saturated rings. The highest BCUT2D eigenvalue weighted by Crippen LogP contribution is 2.18. The molecule has 1 aromatic carbocycles. The van der Waals surface area contributed by atoms with Crippen molar-refractivity contribution in [2.45, 2.75) is 11.4 Å². The second-order valence-electron chi connectivity index (χ2n) is 3.89. The quantitative estimate of drug-likeness (QED) is 0.763. The molecule has 21 heavy (non-hydrogen) atoms. The number of carbonyl (C=O) groups is 1. The number of hydrogen-bond donors (Lipinski definition) is 2. The fraction of sp³-hybridized carbons (Fsp3) is 0.182. The number of benzene rings is 1. The normalized spacial score (nSPS) is 11.3. The van der Waals surface area contributed by atoms with E-state index in [1.165, 1.54) is 6.33 Å². The van der Waals surface area contributed by atoms with Gasteiger partial charge < -0.3 is 4.74 Å². The van der Waals surface area contributed by atoms with Gasteiger partial charge in [-0.2, -0.15) is 5.10 Å². The largest absolute Gasteiger partial charge is 0.465 e. The van der Waals surface area contributed by atoms with Crippen LogP contribution in [0.4, 0.5) is 4.39 Å². The Kier molecular flexibility index (Phi) is 4.29. The van der Waals surface area contributed by atoms with Crippen molar-refractivity contribution in [2.75, 3.05) is 7.11 Å². The minimum Gasteiger partial charge on any atom is -0.465 e. The summed E-state index contributed by atoms with van der Waals surface area (Å²) in [5, 5.41) is 6.03. The van der Waals surface area contributed by atoms with Crippen LogP contribution in [-0.4, -0.2) is 36.7 Å². The van der Waals surface area contributed by atoms with Gasteiger partial charge in [0.05, 0.1) is 24.1 Å². The number of methoxy groups -OCH3 is 1. The first-order valence-corrected chi connectivity index (χ1v) is 7.14. The van der Waals surface area contributed by atoms with Gasteiger partial charge in [0.25, 0.3) is 0 Å². The Morgan fingerprint density at radius 3 is 2.86 bits per heavy atom. The smallest absolute Gasteiger partial charge is 0.339 e. The first kappa shape index (κ1) is 15.1. The van der Waals surface area contributed by atoms with E-state index in [0.29, 0.717) is 0 Å². The average Bonchev–Trinajstić information content (AvgIpc) is 2.98. The zero-order valence-electron chi connectivity index (χ0n) is 10.8. The van der Waals surface area contributed by atoms with E-state index in [2.05, 4.69) is 24.6 Å². The predicted molar refractivity (Wildman–Crippen MR) is 68.1 cm³/mol. The van der Waals surface area contributed by atoms with Crippen LogP contribution in [0.3, 0.4) is 0 Å². The van der Waals surface area contributed by atoms with Crippen LogP contribution >= 0.6 is 0 Å². The lowest BCUT2D eigenvalue weighted by atomic mass is 10.2. The van der Waals surface area contributed by atoms with Crippen molar-refractivity contribution in [1.29, 1.82) is 0 Å². The molecule has 1 aromatic heterocycles. The first-order valence-electron chi connectivity index (χ1n) is 5.66. The maximum absolute atomic E-state index is 13.3. The molecule has 0 aliphatic heterocycles. The van der Waals surface area contributed by atoms with Crippen LogP contribution in [0.1, 0.15) is 16.2 Å². The third-order valence-corrected chi connectivity index (χ3v) is 3.97. The summed E-state index contributed by atoms with van der Waals surface area (Å²) in [5.41, 5.74) is -0.260. The second kappa shape index (κ2) is 5.97. The van der Waals surface area contributed by atoms with Gasteiger partial charge >= 0.3 is 5.97 Å². The number of nitrogens with zero attached hydrogens (tertiary/aromatic N) is 2. The van der Waals surface area contributed by atoms with Crippen molar-refractivity contribution < 1.29 is 22.3 Å². The Balaban J connectivity index is 2.34. The Hall–Kier alpha value is -2.33. The number of nitrogens with one attached hydrogen (secondary N) is 2. The van der Waals surface area contributed by atoms with Gasteiger partial charge in [0.2, 0.25) is 10.0 Å².